The maximum Gasteiger partial charge on any atom is 0.0737 e. The van der Waals surface area contributed by atoms with Crippen LogP contribution in [0.5, 0.6) is 0 Å². The highest BCUT2D eigenvalue weighted by molar-refractivity contribution is 6.31. The molecule has 0 saturated carbocycles. The highest BCUT2D eigenvalue weighted by atomic mass is 35.5. The molecule has 0 fully saturated rings. The van der Waals surface area contributed by atoms with Crippen LogP contribution in [0.3, 0.4) is 0 Å². The fraction of sp³-hybridized carbons (Fsp3) is 0.400. The largest absolute Gasteiger partial charge is 0.382 e. The number of hydrogen-bond donors (Lipinski definition) is 2. The summed E-state index contributed by atoms with van der Waals surface area (Å²) < 4.78 is 0. The van der Waals surface area contributed by atoms with Gasteiger partial charge >= 0.3 is 0 Å². The van der Waals surface area contributed by atoms with Crippen LogP contribution in [-0.2, 0) is 0 Å². The van der Waals surface area contributed by atoms with Crippen molar-refractivity contribution in [3.63, 3.8) is 0 Å². The summed E-state index contributed by atoms with van der Waals surface area (Å²) >= 11 is 6.00. The van der Waals surface area contributed by atoms with Crippen LogP contribution < -0.4 is 10.7 Å². The van der Waals surface area contributed by atoms with Crippen molar-refractivity contribution in [2.45, 2.75) is 19.4 Å². The van der Waals surface area contributed by atoms with E-state index < -0.39 is 0 Å². The Morgan fingerprint density at radius 1 is 1.35 bits per heavy atom. The molecule has 20 heavy (non-hydrogen) atoms. The highest BCUT2D eigenvalue weighted by Crippen LogP contribution is 2.25. The molecule has 0 amide bonds. The summed E-state index contributed by atoms with van der Waals surface area (Å²) in [5.41, 5.74) is 5.12. The summed E-state index contributed by atoms with van der Waals surface area (Å²) in [6.07, 6.45) is 2.86. The van der Waals surface area contributed by atoms with Gasteiger partial charge in [-0.2, -0.15) is 0 Å². The number of nitrogens with one attached hydrogen (secondary N) is 2. The third kappa shape index (κ3) is 3.82. The van der Waals surface area contributed by atoms with Gasteiger partial charge in [-0.3, -0.25) is 10.4 Å². The SMILES string of the molecule is CNN(C)CC[C@@H](C)Nc1ccnc2cc(Cl)ccc12. The molecule has 2 rings (SSSR count). The van der Waals surface area contributed by atoms with Gasteiger partial charge in [0.2, 0.25) is 0 Å². The zero-order chi connectivity index (χ0) is 14.5. The van der Waals surface area contributed by atoms with E-state index in [1.54, 1.807) is 0 Å². The molecule has 0 bridgehead atoms. The maximum absolute atomic E-state index is 6.00. The molecule has 1 heterocycles. The van der Waals surface area contributed by atoms with Crippen molar-refractivity contribution in [3.8, 4) is 0 Å². The van der Waals surface area contributed by atoms with Crippen molar-refractivity contribution in [3.05, 3.63) is 35.5 Å². The minimum Gasteiger partial charge on any atom is -0.382 e. The molecule has 0 spiro atoms. The quantitative estimate of drug-likeness (QED) is 0.803. The second-order valence-electron chi connectivity index (χ2n) is 5.00. The number of fused-ring (bicyclic) bond motifs is 1. The molecule has 2 aromatic rings. The van der Waals surface area contributed by atoms with Gasteiger partial charge in [0.15, 0.2) is 0 Å². The minimum absolute atomic E-state index is 0.382. The van der Waals surface area contributed by atoms with Crippen molar-refractivity contribution in [2.24, 2.45) is 0 Å². The second kappa shape index (κ2) is 6.88. The number of aromatic nitrogens is 1. The van der Waals surface area contributed by atoms with Crippen LogP contribution in [0.2, 0.25) is 5.02 Å². The molecule has 1 aromatic heterocycles. The second-order valence-corrected chi connectivity index (χ2v) is 5.44. The number of hydrazine groups is 1. The van der Waals surface area contributed by atoms with Gasteiger partial charge < -0.3 is 5.32 Å². The van der Waals surface area contributed by atoms with E-state index in [0.29, 0.717) is 11.1 Å². The van der Waals surface area contributed by atoms with Crippen LogP contribution in [-0.4, -0.2) is 36.7 Å². The molecule has 0 aliphatic heterocycles. The molecule has 0 saturated heterocycles. The summed E-state index contributed by atoms with van der Waals surface area (Å²) in [5, 5.41) is 7.43. The first-order chi connectivity index (χ1) is 9.60. The van der Waals surface area contributed by atoms with Crippen molar-refractivity contribution in [1.29, 1.82) is 0 Å². The van der Waals surface area contributed by atoms with E-state index in [2.05, 4.69) is 27.7 Å². The Balaban J connectivity index is 2.09. The predicted molar refractivity (Wildman–Crippen MR) is 86.1 cm³/mol. The van der Waals surface area contributed by atoms with Gasteiger partial charge in [-0.15, -0.1) is 0 Å². The number of pyridine rings is 1. The lowest BCUT2D eigenvalue weighted by atomic mass is 10.1. The van der Waals surface area contributed by atoms with Gasteiger partial charge in [0.05, 0.1) is 5.52 Å². The molecule has 1 aromatic carbocycles. The molecular formula is C15H21ClN4. The number of rotatable bonds is 6. The number of benzene rings is 1. The Labute approximate surface area is 125 Å². The Hall–Kier alpha value is -1.36. The van der Waals surface area contributed by atoms with Gasteiger partial charge in [-0.05, 0) is 44.7 Å². The van der Waals surface area contributed by atoms with Crippen LogP contribution in [0, 0.1) is 0 Å². The third-order valence-corrected chi connectivity index (χ3v) is 3.62. The third-order valence-electron chi connectivity index (χ3n) is 3.39. The van der Waals surface area contributed by atoms with Crippen molar-refractivity contribution in [1.82, 2.24) is 15.4 Å². The Bertz CT molecular complexity index is 573. The van der Waals surface area contributed by atoms with Gasteiger partial charge in [-0.25, -0.2) is 5.01 Å². The highest BCUT2D eigenvalue weighted by Gasteiger charge is 2.07. The Morgan fingerprint density at radius 2 is 2.15 bits per heavy atom. The smallest absolute Gasteiger partial charge is 0.0737 e. The average molecular weight is 293 g/mol. The van der Waals surface area contributed by atoms with Gasteiger partial charge in [-0.1, -0.05) is 11.6 Å². The zero-order valence-electron chi connectivity index (χ0n) is 12.2. The molecule has 5 heteroatoms. The van der Waals surface area contributed by atoms with Crippen LogP contribution in [0.25, 0.3) is 10.9 Å². The van der Waals surface area contributed by atoms with Crippen LogP contribution in [0.1, 0.15) is 13.3 Å². The van der Waals surface area contributed by atoms with E-state index in [1.165, 1.54) is 0 Å². The molecule has 0 radical (unpaired) electrons. The lowest BCUT2D eigenvalue weighted by molar-refractivity contribution is 0.253. The standard InChI is InChI=1S/C15H21ClN4/c1-11(7-9-20(3)17-2)19-14-6-8-18-15-10-12(16)4-5-13(14)15/h4-6,8,10-11,17H,7,9H2,1-3H3,(H,18,19)/t11-/m1/s1. The van der Waals surface area contributed by atoms with Crippen LogP contribution in [0.15, 0.2) is 30.5 Å². The predicted octanol–water partition coefficient (Wildman–Crippen LogP) is 3.14. The summed E-state index contributed by atoms with van der Waals surface area (Å²) in [7, 11) is 3.97. The summed E-state index contributed by atoms with van der Waals surface area (Å²) in [6.45, 7) is 3.17. The molecule has 2 N–H and O–H groups in total. The number of hydrogen-bond acceptors (Lipinski definition) is 4. The molecule has 0 aliphatic rings. The fourth-order valence-electron chi connectivity index (χ4n) is 2.08. The van der Waals surface area contributed by atoms with Crippen molar-refractivity contribution >= 4 is 28.2 Å². The summed E-state index contributed by atoms with van der Waals surface area (Å²) in [6, 6.07) is 8.19. The number of nitrogens with zero attached hydrogens (tertiary/aromatic N) is 2. The van der Waals surface area contributed by atoms with Crippen LogP contribution >= 0.6 is 11.6 Å². The topological polar surface area (TPSA) is 40.2 Å². The number of anilines is 1. The van der Waals surface area contributed by atoms with Crippen LogP contribution in [0.4, 0.5) is 5.69 Å². The average Bonchev–Trinajstić information content (AvgIpc) is 2.44. The molecular weight excluding hydrogens is 272 g/mol. The lowest BCUT2D eigenvalue weighted by Gasteiger charge is -2.20. The molecule has 1 atom stereocenters. The van der Waals surface area contributed by atoms with Gasteiger partial charge in [0.1, 0.15) is 0 Å². The van der Waals surface area contributed by atoms with E-state index >= 15 is 0 Å². The van der Waals surface area contributed by atoms with E-state index in [9.17, 15) is 0 Å². The summed E-state index contributed by atoms with van der Waals surface area (Å²) in [5.74, 6) is 0. The number of halogens is 1. The fourth-order valence-corrected chi connectivity index (χ4v) is 2.25. The summed E-state index contributed by atoms with van der Waals surface area (Å²) in [4.78, 5) is 4.35. The van der Waals surface area contributed by atoms with E-state index in [-0.39, 0.29) is 0 Å². The lowest BCUT2D eigenvalue weighted by Crippen LogP contribution is -2.34. The van der Waals surface area contributed by atoms with E-state index in [1.807, 2.05) is 44.6 Å². The molecule has 108 valence electrons. The first-order valence-corrected chi connectivity index (χ1v) is 7.17. The maximum atomic E-state index is 6.00. The Kier molecular flexibility index (Phi) is 5.17. The van der Waals surface area contributed by atoms with E-state index in [0.717, 1.165) is 29.6 Å². The van der Waals surface area contributed by atoms with Gasteiger partial charge in [0, 0.05) is 41.9 Å². The van der Waals surface area contributed by atoms with Crippen molar-refractivity contribution in [2.75, 3.05) is 26.0 Å². The molecule has 0 aliphatic carbocycles. The normalized spacial score (nSPS) is 12.8. The first kappa shape index (κ1) is 15.0. The van der Waals surface area contributed by atoms with E-state index in [4.69, 9.17) is 11.6 Å². The minimum atomic E-state index is 0.382. The molecule has 0 unspecified atom stereocenters. The molecule has 4 nitrogen and oxygen atoms in total. The zero-order valence-corrected chi connectivity index (χ0v) is 12.9. The Morgan fingerprint density at radius 3 is 2.90 bits per heavy atom. The van der Waals surface area contributed by atoms with Crippen molar-refractivity contribution < 1.29 is 0 Å². The monoisotopic (exact) mass is 292 g/mol. The first-order valence-electron chi connectivity index (χ1n) is 6.79. The van der Waals surface area contributed by atoms with Gasteiger partial charge in [0.25, 0.3) is 0 Å².